The van der Waals surface area contributed by atoms with E-state index in [1.165, 1.54) is 0 Å². The summed E-state index contributed by atoms with van der Waals surface area (Å²) in [6, 6.07) is 15.1. The molecular weight excluding hydrogens is 641 g/mol. The molecule has 0 spiro atoms. The van der Waals surface area contributed by atoms with Crippen molar-refractivity contribution in [3.8, 4) is 11.1 Å². The molecule has 2 atom stereocenters. The summed E-state index contributed by atoms with van der Waals surface area (Å²) in [6.07, 6.45) is 0.0391. The van der Waals surface area contributed by atoms with Crippen LogP contribution < -0.4 is 108 Å². The molecule has 0 aromatic heterocycles. The average Bonchev–Trinajstić information content (AvgIpc) is 3.36. The van der Waals surface area contributed by atoms with Gasteiger partial charge in [-0.1, -0.05) is 55.5 Å². The molecule has 3 rings (SSSR count). The summed E-state index contributed by atoms with van der Waals surface area (Å²) in [5, 5.41) is 2.68. The summed E-state index contributed by atoms with van der Waals surface area (Å²) < 4.78 is 16.0. The smallest absolute Gasteiger partial charge is 0.449 e. The number of fused-ring (bicyclic) bond motifs is 3. The van der Waals surface area contributed by atoms with E-state index in [9.17, 15) is 24.0 Å². The number of Topliss-reactive ketones (excluding diaryl/α,β-unsaturated/α-hetero) is 4. The van der Waals surface area contributed by atoms with Crippen molar-refractivity contribution < 1.29 is 141 Å². The predicted octanol–water partition coefficient (Wildman–Crippen LogP) is -0.568. The second-order valence-corrected chi connectivity index (χ2v) is 11.0. The molecular formula is C35H44K2NO8+. The standard InChI is InChI=1S/C35H44NO8.2K/c1-4-25(37)21-24(33(39)5-2)22-26(38)16-17-32(34(40)15-10-18-43-20-19-42-3)36-35(41)44-23-31-29-13-8-6-11-27(29)28-12-7-9-14-30(28)31;;/h6-9,11-14,24,31-32H,1,4-5,10,15-23H2,2-3H3,(H,36,41);;/q-1;2*+1. The van der Waals surface area contributed by atoms with E-state index in [1.54, 1.807) is 14.0 Å². The van der Waals surface area contributed by atoms with Crippen LogP contribution in [-0.2, 0) is 33.4 Å². The van der Waals surface area contributed by atoms with Gasteiger partial charge in [0.15, 0.2) is 5.78 Å². The number of methoxy groups -OCH3 is 1. The summed E-state index contributed by atoms with van der Waals surface area (Å²) in [6.45, 7) is 6.57. The van der Waals surface area contributed by atoms with Gasteiger partial charge in [0.1, 0.15) is 24.0 Å². The molecule has 1 amide bonds. The molecule has 1 aliphatic carbocycles. The SMILES string of the molecule is [CH2-]CC(=O)CC(CC(=O)CCC(NC(=O)OCC1c2ccccc2-c2ccccc21)C(=O)CCCOCCOC)C(=O)CC.[K+].[K+]. The van der Waals surface area contributed by atoms with Gasteiger partial charge >= 0.3 is 109 Å². The Morgan fingerprint density at radius 3 is 2.02 bits per heavy atom. The van der Waals surface area contributed by atoms with E-state index in [4.69, 9.17) is 14.2 Å². The Labute approximate surface area is 357 Å². The maximum atomic E-state index is 13.2. The molecule has 11 heteroatoms. The molecule has 238 valence electrons. The Bertz CT molecular complexity index is 1260. The van der Waals surface area contributed by atoms with Crippen molar-refractivity contribution in [1.82, 2.24) is 5.32 Å². The number of ketones is 4. The third kappa shape index (κ3) is 13.8. The molecule has 1 aliphatic rings. The fraction of sp³-hybridized carbons (Fsp3) is 0.486. The average molecular weight is 685 g/mol. The summed E-state index contributed by atoms with van der Waals surface area (Å²) in [5.74, 6) is -1.66. The molecule has 0 radical (unpaired) electrons. The zero-order valence-electron chi connectivity index (χ0n) is 27.8. The summed E-state index contributed by atoms with van der Waals surface area (Å²) in [4.78, 5) is 63.3. The van der Waals surface area contributed by atoms with E-state index in [0.29, 0.717) is 26.2 Å². The minimum Gasteiger partial charge on any atom is -0.449 e. The maximum Gasteiger partial charge on any atom is 1.00 e. The van der Waals surface area contributed by atoms with Crippen LogP contribution in [0.4, 0.5) is 4.79 Å². The monoisotopic (exact) mass is 684 g/mol. The van der Waals surface area contributed by atoms with Crippen molar-refractivity contribution in [3.05, 3.63) is 66.6 Å². The van der Waals surface area contributed by atoms with Crippen molar-refractivity contribution in [2.45, 2.75) is 70.3 Å². The largest absolute Gasteiger partial charge is 1.00 e. The van der Waals surface area contributed by atoms with Gasteiger partial charge in [0.05, 0.1) is 19.3 Å². The predicted molar refractivity (Wildman–Crippen MR) is 166 cm³/mol. The fourth-order valence-electron chi connectivity index (χ4n) is 5.51. The van der Waals surface area contributed by atoms with Gasteiger partial charge in [-0.2, -0.15) is 0 Å². The molecule has 0 bridgehead atoms. The van der Waals surface area contributed by atoms with Gasteiger partial charge in [-0.05, 0) is 35.1 Å². The topological polar surface area (TPSA) is 125 Å². The van der Waals surface area contributed by atoms with Gasteiger partial charge in [0, 0.05) is 57.7 Å². The molecule has 9 nitrogen and oxygen atoms in total. The first-order valence-electron chi connectivity index (χ1n) is 15.3. The molecule has 0 fully saturated rings. The number of carbonyl (C=O) groups is 5. The Balaban J connectivity index is 0.00000529. The number of carbonyl (C=O) groups excluding carboxylic acids is 5. The van der Waals surface area contributed by atoms with Crippen LogP contribution >= 0.6 is 0 Å². The molecule has 0 heterocycles. The van der Waals surface area contributed by atoms with Crippen molar-refractivity contribution >= 4 is 29.2 Å². The molecule has 2 unspecified atom stereocenters. The minimum absolute atomic E-state index is 0. The van der Waals surface area contributed by atoms with Crippen LogP contribution in [0.5, 0.6) is 0 Å². The van der Waals surface area contributed by atoms with Crippen LogP contribution in [0, 0.1) is 12.8 Å². The first-order chi connectivity index (χ1) is 21.3. The van der Waals surface area contributed by atoms with Gasteiger partial charge in [-0.3, -0.25) is 14.4 Å². The zero-order valence-corrected chi connectivity index (χ0v) is 34.1. The van der Waals surface area contributed by atoms with Crippen LogP contribution in [0.25, 0.3) is 11.1 Å². The molecule has 0 saturated heterocycles. The molecule has 2 aromatic carbocycles. The minimum atomic E-state index is -0.949. The number of ether oxygens (including phenoxy) is 3. The van der Waals surface area contributed by atoms with Gasteiger partial charge in [-0.25, -0.2) is 4.79 Å². The summed E-state index contributed by atoms with van der Waals surface area (Å²) in [5.41, 5.74) is 4.35. The number of rotatable bonds is 21. The molecule has 0 saturated carbocycles. The molecule has 0 aliphatic heterocycles. The van der Waals surface area contributed by atoms with Crippen LogP contribution in [0.1, 0.15) is 75.3 Å². The third-order valence-corrected chi connectivity index (χ3v) is 7.91. The second kappa shape index (κ2) is 23.9. The van der Waals surface area contributed by atoms with Crippen molar-refractivity contribution in [1.29, 1.82) is 0 Å². The molecule has 1 N–H and O–H groups in total. The van der Waals surface area contributed by atoms with E-state index in [-0.39, 0.29) is 183 Å². The third-order valence-electron chi connectivity index (χ3n) is 7.91. The maximum absolute atomic E-state index is 13.2. The number of benzene rings is 2. The Morgan fingerprint density at radius 2 is 1.43 bits per heavy atom. The van der Waals surface area contributed by atoms with Gasteiger partial charge in [0.2, 0.25) is 0 Å². The second-order valence-electron chi connectivity index (χ2n) is 11.0. The Hall–Kier alpha value is -0.417. The fourth-order valence-corrected chi connectivity index (χ4v) is 5.51. The van der Waals surface area contributed by atoms with Crippen LogP contribution in [0.2, 0.25) is 0 Å². The number of hydrogen-bond acceptors (Lipinski definition) is 8. The van der Waals surface area contributed by atoms with E-state index in [0.717, 1.165) is 22.3 Å². The van der Waals surface area contributed by atoms with Crippen LogP contribution in [-0.4, -0.2) is 68.8 Å². The van der Waals surface area contributed by atoms with Gasteiger partial charge in [-0.15, -0.1) is 6.42 Å². The van der Waals surface area contributed by atoms with Crippen LogP contribution in [0.15, 0.2) is 48.5 Å². The number of hydrogen-bond donors (Lipinski definition) is 1. The summed E-state index contributed by atoms with van der Waals surface area (Å²) in [7, 11) is 1.58. The number of amides is 1. The first kappa shape index (κ1) is 43.6. The van der Waals surface area contributed by atoms with Crippen molar-refractivity contribution in [2.24, 2.45) is 5.92 Å². The van der Waals surface area contributed by atoms with E-state index in [1.807, 2.05) is 48.5 Å². The normalized spacial score (nSPS) is 12.8. The first-order valence-corrected chi connectivity index (χ1v) is 15.3. The van der Waals surface area contributed by atoms with E-state index in [2.05, 4.69) is 12.2 Å². The Morgan fingerprint density at radius 1 is 0.826 bits per heavy atom. The Kier molecular flexibility index (Phi) is 22.6. The van der Waals surface area contributed by atoms with E-state index < -0.39 is 18.1 Å². The van der Waals surface area contributed by atoms with Gasteiger partial charge in [0.25, 0.3) is 0 Å². The van der Waals surface area contributed by atoms with Crippen molar-refractivity contribution in [2.75, 3.05) is 33.5 Å². The number of alkyl carbamates (subject to hydrolysis) is 1. The summed E-state index contributed by atoms with van der Waals surface area (Å²) >= 11 is 0. The number of nitrogens with one attached hydrogen (secondary N) is 1. The quantitative estimate of drug-likeness (QED) is 0.105. The molecule has 2 aromatic rings. The molecule has 46 heavy (non-hydrogen) atoms. The zero-order chi connectivity index (χ0) is 31.9. The van der Waals surface area contributed by atoms with E-state index >= 15 is 0 Å². The van der Waals surface area contributed by atoms with Gasteiger partial charge < -0.3 is 31.2 Å². The van der Waals surface area contributed by atoms with Crippen LogP contribution in [0.3, 0.4) is 0 Å². The van der Waals surface area contributed by atoms with Crippen molar-refractivity contribution in [3.63, 3.8) is 0 Å².